The van der Waals surface area contributed by atoms with Crippen molar-refractivity contribution >= 4 is 11.8 Å². The van der Waals surface area contributed by atoms with Crippen molar-refractivity contribution in [3.63, 3.8) is 0 Å². The maximum atomic E-state index is 11.2. The maximum Gasteiger partial charge on any atom is 0.251 e. The second kappa shape index (κ2) is 5.79. The highest BCUT2D eigenvalue weighted by Gasteiger charge is 2.18. The van der Waals surface area contributed by atoms with E-state index in [1.807, 2.05) is 19.1 Å². The predicted molar refractivity (Wildman–Crippen MR) is 71.3 cm³/mol. The van der Waals surface area contributed by atoms with E-state index < -0.39 is 0 Å². The lowest BCUT2D eigenvalue weighted by Gasteiger charge is -2.19. The molecule has 2 aromatic heterocycles. The average Bonchev–Trinajstić information content (AvgIpc) is 2.37. The Labute approximate surface area is 109 Å². The molecule has 2 rings (SSSR count). The maximum absolute atomic E-state index is 11.2. The number of rotatable bonds is 4. The molecule has 0 saturated carbocycles. The number of hydrogen-bond donors (Lipinski definition) is 2. The molecule has 2 atom stereocenters. The molecule has 0 radical (unpaired) electrons. The number of aromatic nitrogens is 3. The lowest BCUT2D eigenvalue weighted by Crippen LogP contribution is -2.23. The standard InChI is InChI=1S/C12H14N4OS/c1-8(13)11(9-3-2-5-14-7-9)18-12-15-6-4-10(17)16-12/h2-8,11H,13H2,1H3,(H,15,16,17). The molecule has 2 unspecified atom stereocenters. The van der Waals surface area contributed by atoms with Crippen LogP contribution in [0.15, 0.2) is 46.7 Å². The number of nitrogens with one attached hydrogen (secondary N) is 1. The van der Waals surface area contributed by atoms with Crippen LogP contribution in [0.5, 0.6) is 0 Å². The largest absolute Gasteiger partial charge is 0.327 e. The summed E-state index contributed by atoms with van der Waals surface area (Å²) < 4.78 is 0. The van der Waals surface area contributed by atoms with Gasteiger partial charge in [-0.2, -0.15) is 0 Å². The van der Waals surface area contributed by atoms with Gasteiger partial charge in [0.05, 0.1) is 5.25 Å². The van der Waals surface area contributed by atoms with Crippen LogP contribution < -0.4 is 11.3 Å². The molecule has 2 heterocycles. The molecule has 0 aliphatic carbocycles. The SMILES string of the molecule is CC(N)C(Sc1nccc(=O)[nH]1)c1cccnc1. The second-order valence-electron chi connectivity index (χ2n) is 3.92. The molecule has 0 amide bonds. The van der Waals surface area contributed by atoms with E-state index in [9.17, 15) is 4.79 Å². The summed E-state index contributed by atoms with van der Waals surface area (Å²) in [4.78, 5) is 22.1. The predicted octanol–water partition coefficient (Wildman–Crippen LogP) is 1.35. The Balaban J connectivity index is 2.25. The number of thioether (sulfide) groups is 1. The van der Waals surface area contributed by atoms with Crippen LogP contribution in [0.2, 0.25) is 0 Å². The highest BCUT2D eigenvalue weighted by atomic mass is 32.2. The molecule has 3 N–H and O–H groups in total. The molecule has 6 heteroatoms. The van der Waals surface area contributed by atoms with Crippen LogP contribution in [-0.2, 0) is 0 Å². The van der Waals surface area contributed by atoms with Gasteiger partial charge in [0.1, 0.15) is 0 Å². The van der Waals surface area contributed by atoms with Crippen molar-refractivity contribution in [2.75, 3.05) is 0 Å². The van der Waals surface area contributed by atoms with Crippen LogP contribution in [0, 0.1) is 0 Å². The van der Waals surface area contributed by atoms with Crippen LogP contribution in [0.3, 0.4) is 0 Å². The second-order valence-corrected chi connectivity index (χ2v) is 5.05. The van der Waals surface area contributed by atoms with Crippen LogP contribution >= 0.6 is 11.8 Å². The number of pyridine rings is 1. The summed E-state index contributed by atoms with van der Waals surface area (Å²) in [6, 6.07) is 5.14. The summed E-state index contributed by atoms with van der Waals surface area (Å²) in [6.07, 6.45) is 4.99. The Morgan fingerprint density at radius 1 is 1.39 bits per heavy atom. The number of nitrogens with two attached hydrogens (primary N) is 1. The van der Waals surface area contributed by atoms with Gasteiger partial charge in [-0.05, 0) is 18.6 Å². The molecule has 0 bridgehead atoms. The summed E-state index contributed by atoms with van der Waals surface area (Å²) in [6.45, 7) is 1.92. The summed E-state index contributed by atoms with van der Waals surface area (Å²) in [5.41, 5.74) is 6.84. The highest BCUT2D eigenvalue weighted by molar-refractivity contribution is 7.99. The van der Waals surface area contributed by atoms with Crippen molar-refractivity contribution in [2.24, 2.45) is 5.73 Å². The van der Waals surface area contributed by atoms with Crippen molar-refractivity contribution in [3.05, 3.63) is 52.7 Å². The first-order valence-corrected chi connectivity index (χ1v) is 6.42. The van der Waals surface area contributed by atoms with Crippen LogP contribution in [0.4, 0.5) is 0 Å². The minimum Gasteiger partial charge on any atom is -0.327 e. The van der Waals surface area contributed by atoms with Gasteiger partial charge >= 0.3 is 0 Å². The first kappa shape index (κ1) is 12.8. The van der Waals surface area contributed by atoms with Crippen molar-refractivity contribution in [3.8, 4) is 0 Å². The van der Waals surface area contributed by atoms with E-state index in [1.165, 1.54) is 24.0 Å². The van der Waals surface area contributed by atoms with Crippen molar-refractivity contribution in [1.29, 1.82) is 0 Å². The summed E-state index contributed by atoms with van der Waals surface area (Å²) >= 11 is 1.43. The first-order chi connectivity index (χ1) is 8.66. The normalized spacial score (nSPS) is 14.1. The molecule has 0 aliphatic heterocycles. The Hall–Kier alpha value is -1.66. The van der Waals surface area contributed by atoms with Gasteiger partial charge in [-0.25, -0.2) is 4.98 Å². The molecule has 0 aromatic carbocycles. The fourth-order valence-corrected chi connectivity index (χ4v) is 2.57. The number of H-pyrrole nitrogens is 1. The minimum absolute atomic E-state index is 0.00394. The lowest BCUT2D eigenvalue weighted by atomic mass is 10.1. The van der Waals surface area contributed by atoms with Gasteiger partial charge in [-0.15, -0.1) is 0 Å². The minimum atomic E-state index is -0.165. The Morgan fingerprint density at radius 3 is 2.83 bits per heavy atom. The monoisotopic (exact) mass is 262 g/mol. The van der Waals surface area contributed by atoms with Crippen LogP contribution in [0.1, 0.15) is 17.7 Å². The van der Waals surface area contributed by atoms with Crippen molar-refractivity contribution in [1.82, 2.24) is 15.0 Å². The third-order valence-corrected chi connectivity index (χ3v) is 3.76. The van der Waals surface area contributed by atoms with E-state index in [0.717, 1.165) is 5.56 Å². The Morgan fingerprint density at radius 2 is 2.22 bits per heavy atom. The number of nitrogens with zero attached hydrogens (tertiary/aromatic N) is 2. The summed E-state index contributed by atoms with van der Waals surface area (Å²) in [7, 11) is 0. The third-order valence-electron chi connectivity index (χ3n) is 2.38. The van der Waals surface area contributed by atoms with E-state index in [0.29, 0.717) is 5.16 Å². The topological polar surface area (TPSA) is 84.7 Å². The zero-order valence-corrected chi connectivity index (χ0v) is 10.7. The highest BCUT2D eigenvalue weighted by Crippen LogP contribution is 2.34. The van der Waals surface area contributed by atoms with Crippen LogP contribution in [-0.4, -0.2) is 21.0 Å². The van der Waals surface area contributed by atoms with Gasteiger partial charge in [-0.1, -0.05) is 17.8 Å². The van der Waals surface area contributed by atoms with E-state index in [1.54, 1.807) is 12.4 Å². The van der Waals surface area contributed by atoms with E-state index in [-0.39, 0.29) is 16.9 Å². The van der Waals surface area contributed by atoms with E-state index in [4.69, 9.17) is 5.73 Å². The fraction of sp³-hybridized carbons (Fsp3) is 0.250. The van der Waals surface area contributed by atoms with Gasteiger partial charge in [0.25, 0.3) is 5.56 Å². The quantitative estimate of drug-likeness (QED) is 0.641. The molecule has 5 nitrogen and oxygen atoms in total. The van der Waals surface area contributed by atoms with Gasteiger partial charge in [0, 0.05) is 30.7 Å². The first-order valence-electron chi connectivity index (χ1n) is 5.54. The number of aromatic amines is 1. The molecule has 0 fully saturated rings. The molecule has 0 spiro atoms. The molecular formula is C12H14N4OS. The van der Waals surface area contributed by atoms with Gasteiger partial charge in [-0.3, -0.25) is 9.78 Å². The molecule has 0 aliphatic rings. The van der Waals surface area contributed by atoms with Gasteiger partial charge in [0.15, 0.2) is 5.16 Å². The smallest absolute Gasteiger partial charge is 0.251 e. The molecule has 0 saturated heterocycles. The summed E-state index contributed by atoms with van der Waals surface area (Å²) in [5.74, 6) is 0. The van der Waals surface area contributed by atoms with Crippen LogP contribution in [0.25, 0.3) is 0 Å². The zero-order chi connectivity index (χ0) is 13.0. The number of hydrogen-bond acceptors (Lipinski definition) is 5. The van der Waals surface area contributed by atoms with Gasteiger partial charge < -0.3 is 10.7 Å². The average molecular weight is 262 g/mol. The molecule has 2 aromatic rings. The van der Waals surface area contributed by atoms with Gasteiger partial charge in [0.2, 0.25) is 0 Å². The fourth-order valence-electron chi connectivity index (χ4n) is 1.56. The van der Waals surface area contributed by atoms with Crippen molar-refractivity contribution < 1.29 is 0 Å². The van der Waals surface area contributed by atoms with E-state index in [2.05, 4.69) is 15.0 Å². The Kier molecular flexibility index (Phi) is 4.11. The molecule has 94 valence electrons. The third kappa shape index (κ3) is 3.18. The zero-order valence-electron chi connectivity index (χ0n) is 9.91. The van der Waals surface area contributed by atoms with E-state index >= 15 is 0 Å². The van der Waals surface area contributed by atoms with Crippen molar-refractivity contribution in [2.45, 2.75) is 23.4 Å². The molecule has 18 heavy (non-hydrogen) atoms. The molecular weight excluding hydrogens is 248 g/mol. The Bertz CT molecular complexity index is 555. The lowest BCUT2D eigenvalue weighted by molar-refractivity contribution is 0.715. The summed E-state index contributed by atoms with van der Waals surface area (Å²) in [5, 5.41) is 0.568.